The van der Waals surface area contributed by atoms with E-state index in [9.17, 15) is 22.8 Å². The van der Waals surface area contributed by atoms with Crippen molar-refractivity contribution in [2.24, 2.45) is 0 Å². The maximum atomic E-state index is 13.6. The van der Waals surface area contributed by atoms with Gasteiger partial charge in [-0.15, -0.1) is 0 Å². The molecular weight excluding hydrogens is 407 g/mol. The third kappa shape index (κ3) is 4.33. The molecule has 1 heterocycles. The van der Waals surface area contributed by atoms with Crippen LogP contribution < -0.4 is 10.9 Å². The molecule has 0 saturated carbocycles. The van der Waals surface area contributed by atoms with Gasteiger partial charge in [-0.2, -0.15) is 13.2 Å². The molecule has 0 bridgehead atoms. The van der Waals surface area contributed by atoms with Crippen LogP contribution in [0, 0.1) is 13.8 Å². The summed E-state index contributed by atoms with van der Waals surface area (Å²) >= 11 is 0. The third-order valence-corrected chi connectivity index (χ3v) is 5.43. The minimum atomic E-state index is -4.94. The molecule has 8 heteroatoms. The van der Waals surface area contributed by atoms with Crippen LogP contribution in [0.1, 0.15) is 48.7 Å². The SMILES string of the molecule is CCc1ccccc1NC(=O)[C@H](CC)n1c(=O)c(C(F)(F)F)nc2cc(C)c(C)cc21. The minimum absolute atomic E-state index is 0.0234. The van der Waals surface area contributed by atoms with Gasteiger partial charge >= 0.3 is 6.18 Å². The number of rotatable bonds is 5. The van der Waals surface area contributed by atoms with Crippen LogP contribution in [0.4, 0.5) is 18.9 Å². The summed E-state index contributed by atoms with van der Waals surface area (Å²) in [7, 11) is 0. The number of nitrogens with zero attached hydrogens (tertiary/aromatic N) is 2. The van der Waals surface area contributed by atoms with E-state index in [4.69, 9.17) is 0 Å². The maximum absolute atomic E-state index is 13.6. The quantitative estimate of drug-likeness (QED) is 0.605. The fourth-order valence-electron chi connectivity index (χ4n) is 3.61. The van der Waals surface area contributed by atoms with Crippen molar-refractivity contribution in [2.45, 2.75) is 52.8 Å². The van der Waals surface area contributed by atoms with Gasteiger partial charge in [0.25, 0.3) is 5.56 Å². The van der Waals surface area contributed by atoms with Crippen molar-refractivity contribution in [1.82, 2.24) is 9.55 Å². The monoisotopic (exact) mass is 431 g/mol. The molecule has 0 radical (unpaired) electrons. The number of benzene rings is 2. The first-order chi connectivity index (χ1) is 14.6. The summed E-state index contributed by atoms with van der Waals surface area (Å²) < 4.78 is 41.7. The van der Waals surface area contributed by atoms with Gasteiger partial charge in [0.2, 0.25) is 11.6 Å². The molecule has 1 aromatic heterocycles. The highest BCUT2D eigenvalue weighted by Gasteiger charge is 2.38. The molecule has 3 rings (SSSR count). The third-order valence-electron chi connectivity index (χ3n) is 5.43. The van der Waals surface area contributed by atoms with Crippen LogP contribution in [-0.4, -0.2) is 15.5 Å². The molecule has 31 heavy (non-hydrogen) atoms. The minimum Gasteiger partial charge on any atom is -0.324 e. The summed E-state index contributed by atoms with van der Waals surface area (Å²) in [6, 6.07) is 9.17. The predicted octanol–water partition coefficient (Wildman–Crippen LogP) is 5.18. The van der Waals surface area contributed by atoms with Gasteiger partial charge in [0.15, 0.2) is 0 Å². The summed E-state index contributed by atoms with van der Waals surface area (Å²) in [6.45, 7) is 7.14. The number of aromatic nitrogens is 2. The number of para-hydroxylation sites is 1. The number of hydrogen-bond acceptors (Lipinski definition) is 3. The van der Waals surface area contributed by atoms with Gasteiger partial charge in [-0.05, 0) is 61.6 Å². The van der Waals surface area contributed by atoms with Crippen molar-refractivity contribution in [1.29, 1.82) is 0 Å². The molecule has 0 fully saturated rings. The normalized spacial score (nSPS) is 12.7. The highest BCUT2D eigenvalue weighted by atomic mass is 19.4. The lowest BCUT2D eigenvalue weighted by atomic mass is 10.1. The molecule has 1 N–H and O–H groups in total. The zero-order chi connectivity index (χ0) is 22.9. The van der Waals surface area contributed by atoms with Crippen molar-refractivity contribution in [2.75, 3.05) is 5.32 Å². The molecule has 2 aromatic carbocycles. The van der Waals surface area contributed by atoms with Gasteiger partial charge in [0.1, 0.15) is 6.04 Å². The topological polar surface area (TPSA) is 64.0 Å². The average molecular weight is 431 g/mol. The van der Waals surface area contributed by atoms with Crippen LogP contribution in [0.2, 0.25) is 0 Å². The zero-order valence-corrected chi connectivity index (χ0v) is 17.8. The van der Waals surface area contributed by atoms with Gasteiger partial charge in [-0.25, -0.2) is 4.98 Å². The number of nitrogens with one attached hydrogen (secondary N) is 1. The fraction of sp³-hybridized carbons (Fsp3) is 0.348. The molecule has 1 atom stereocenters. The Labute approximate surface area is 177 Å². The Morgan fingerprint density at radius 1 is 1.13 bits per heavy atom. The Morgan fingerprint density at radius 3 is 2.39 bits per heavy atom. The lowest BCUT2D eigenvalue weighted by Gasteiger charge is -2.22. The first kappa shape index (κ1) is 22.5. The molecule has 164 valence electrons. The predicted molar refractivity (Wildman–Crippen MR) is 114 cm³/mol. The summed E-state index contributed by atoms with van der Waals surface area (Å²) in [5.74, 6) is -0.552. The number of alkyl halides is 3. The second-order valence-electron chi connectivity index (χ2n) is 7.48. The van der Waals surface area contributed by atoms with Crippen molar-refractivity contribution in [3.05, 3.63) is 69.1 Å². The van der Waals surface area contributed by atoms with E-state index < -0.39 is 29.4 Å². The van der Waals surface area contributed by atoms with Crippen molar-refractivity contribution in [3.8, 4) is 0 Å². The van der Waals surface area contributed by atoms with Gasteiger partial charge < -0.3 is 5.32 Å². The molecule has 0 saturated heterocycles. The molecule has 0 unspecified atom stereocenters. The van der Waals surface area contributed by atoms with E-state index in [1.54, 1.807) is 39.0 Å². The van der Waals surface area contributed by atoms with Gasteiger partial charge in [-0.1, -0.05) is 32.0 Å². The van der Waals surface area contributed by atoms with E-state index in [1.807, 2.05) is 19.1 Å². The number of hydrogen-bond donors (Lipinski definition) is 1. The van der Waals surface area contributed by atoms with E-state index in [0.717, 1.165) is 21.3 Å². The highest BCUT2D eigenvalue weighted by Crippen LogP contribution is 2.29. The van der Waals surface area contributed by atoms with E-state index in [2.05, 4.69) is 10.3 Å². The Bertz CT molecular complexity index is 1200. The largest absolute Gasteiger partial charge is 0.438 e. The number of carbonyl (C=O) groups is 1. The molecule has 0 spiro atoms. The Balaban J connectivity index is 2.22. The van der Waals surface area contributed by atoms with Gasteiger partial charge in [0.05, 0.1) is 11.0 Å². The number of anilines is 1. The Morgan fingerprint density at radius 2 is 1.77 bits per heavy atom. The zero-order valence-electron chi connectivity index (χ0n) is 17.8. The lowest BCUT2D eigenvalue weighted by molar-refractivity contribution is -0.142. The molecule has 1 amide bonds. The van der Waals surface area contributed by atoms with Crippen LogP contribution in [0.3, 0.4) is 0 Å². The summed E-state index contributed by atoms with van der Waals surface area (Å²) in [5, 5.41) is 2.79. The van der Waals surface area contributed by atoms with Gasteiger partial charge in [-0.3, -0.25) is 14.2 Å². The molecule has 0 aliphatic carbocycles. The molecular formula is C23H24F3N3O2. The standard InChI is InChI=1S/C23H24F3N3O2/c1-5-15-9-7-8-10-16(15)28-21(30)18(6-2)29-19-12-14(4)13(3)11-17(19)27-20(22(29)31)23(24,25)26/h7-12,18H,5-6H2,1-4H3,(H,28,30)/t18-/m0/s1. The summed E-state index contributed by atoms with van der Waals surface area (Å²) in [5.41, 5.74) is 0.365. The van der Waals surface area contributed by atoms with Crippen molar-refractivity contribution in [3.63, 3.8) is 0 Å². The van der Waals surface area contributed by atoms with E-state index in [0.29, 0.717) is 12.1 Å². The second-order valence-corrected chi connectivity index (χ2v) is 7.48. The summed E-state index contributed by atoms with van der Waals surface area (Å²) in [6.07, 6.45) is -4.14. The van der Waals surface area contributed by atoms with E-state index in [-0.39, 0.29) is 17.5 Å². The van der Waals surface area contributed by atoms with Crippen LogP contribution >= 0.6 is 0 Å². The molecule has 0 aliphatic rings. The van der Waals surface area contributed by atoms with Crippen LogP contribution in [0.5, 0.6) is 0 Å². The average Bonchev–Trinajstić information content (AvgIpc) is 2.71. The highest BCUT2D eigenvalue weighted by molar-refractivity contribution is 5.95. The smallest absolute Gasteiger partial charge is 0.324 e. The first-order valence-electron chi connectivity index (χ1n) is 10.1. The molecule has 0 aliphatic heterocycles. The van der Waals surface area contributed by atoms with Crippen molar-refractivity contribution < 1.29 is 18.0 Å². The van der Waals surface area contributed by atoms with Gasteiger partial charge in [0, 0.05) is 5.69 Å². The number of carbonyl (C=O) groups excluding carboxylic acids is 1. The summed E-state index contributed by atoms with van der Waals surface area (Å²) in [4.78, 5) is 29.7. The second kappa shape index (κ2) is 8.53. The van der Waals surface area contributed by atoms with Crippen LogP contribution in [0.15, 0.2) is 41.2 Å². The van der Waals surface area contributed by atoms with Crippen LogP contribution in [0.25, 0.3) is 11.0 Å². The number of halogens is 3. The number of amides is 1. The Kier molecular flexibility index (Phi) is 6.20. The first-order valence-corrected chi connectivity index (χ1v) is 10.1. The maximum Gasteiger partial charge on any atom is 0.438 e. The van der Waals surface area contributed by atoms with Crippen LogP contribution in [-0.2, 0) is 17.4 Å². The number of fused-ring (bicyclic) bond motifs is 1. The van der Waals surface area contributed by atoms with Crippen molar-refractivity contribution >= 4 is 22.6 Å². The van der Waals surface area contributed by atoms with E-state index in [1.165, 1.54) is 6.07 Å². The Hall–Kier alpha value is -3.16. The number of aryl methyl sites for hydroxylation is 3. The lowest BCUT2D eigenvalue weighted by Crippen LogP contribution is -2.37. The fourth-order valence-corrected chi connectivity index (χ4v) is 3.61. The van der Waals surface area contributed by atoms with E-state index >= 15 is 0 Å². The molecule has 3 aromatic rings. The molecule has 5 nitrogen and oxygen atoms in total.